The van der Waals surface area contributed by atoms with Gasteiger partial charge in [-0.15, -0.1) is 11.3 Å². The zero-order valence-corrected chi connectivity index (χ0v) is 17.7. The third-order valence-electron chi connectivity index (χ3n) is 4.89. The highest BCUT2D eigenvalue weighted by atomic mass is 32.1. The van der Waals surface area contributed by atoms with Gasteiger partial charge in [0.25, 0.3) is 0 Å². The highest BCUT2D eigenvalue weighted by Crippen LogP contribution is 2.23. The zero-order valence-electron chi connectivity index (χ0n) is 16.9. The van der Waals surface area contributed by atoms with Crippen molar-refractivity contribution in [2.75, 3.05) is 19.6 Å². The number of carbonyl (C=O) groups is 2. The summed E-state index contributed by atoms with van der Waals surface area (Å²) in [5.41, 5.74) is 1.09. The van der Waals surface area contributed by atoms with Gasteiger partial charge in [-0.3, -0.25) is 14.5 Å². The van der Waals surface area contributed by atoms with Gasteiger partial charge in [-0.2, -0.15) is 0 Å². The summed E-state index contributed by atoms with van der Waals surface area (Å²) in [7, 11) is 0. The van der Waals surface area contributed by atoms with E-state index in [0.717, 1.165) is 21.2 Å². The number of fused-ring (bicyclic) bond motifs is 1. The van der Waals surface area contributed by atoms with Gasteiger partial charge in [0.1, 0.15) is 0 Å². The normalized spacial score (nSPS) is 12.1. The number of nitrogens with zero attached hydrogens (tertiary/aromatic N) is 1. The molecular weight excluding hydrogens is 382 g/mol. The van der Waals surface area contributed by atoms with Crippen LogP contribution in [0.25, 0.3) is 10.8 Å². The van der Waals surface area contributed by atoms with Crippen LogP contribution in [0.3, 0.4) is 0 Å². The summed E-state index contributed by atoms with van der Waals surface area (Å²) in [4.78, 5) is 27.7. The first-order valence-electron chi connectivity index (χ1n) is 9.85. The van der Waals surface area contributed by atoms with Crippen LogP contribution in [0.15, 0.2) is 60.0 Å². The van der Waals surface area contributed by atoms with Crippen LogP contribution >= 0.6 is 11.3 Å². The van der Waals surface area contributed by atoms with Gasteiger partial charge in [0, 0.05) is 4.88 Å². The Kier molecular flexibility index (Phi) is 7.38. The number of carbonyl (C=O) groups excluding carboxylic acids is 2. The third kappa shape index (κ3) is 5.89. The molecule has 0 fully saturated rings. The van der Waals surface area contributed by atoms with Crippen molar-refractivity contribution in [2.45, 2.75) is 26.4 Å². The van der Waals surface area contributed by atoms with E-state index in [0.29, 0.717) is 13.1 Å². The summed E-state index contributed by atoms with van der Waals surface area (Å²) in [5, 5.41) is 10.3. The van der Waals surface area contributed by atoms with Gasteiger partial charge < -0.3 is 10.6 Å². The van der Waals surface area contributed by atoms with Crippen LogP contribution < -0.4 is 10.6 Å². The Bertz CT molecular complexity index is 950. The van der Waals surface area contributed by atoms with Crippen molar-refractivity contribution in [2.24, 2.45) is 0 Å². The Morgan fingerprint density at radius 2 is 1.76 bits per heavy atom. The Morgan fingerprint density at radius 3 is 2.52 bits per heavy atom. The maximum atomic E-state index is 12.6. The molecule has 0 radical (unpaired) electrons. The van der Waals surface area contributed by atoms with E-state index in [9.17, 15) is 9.59 Å². The Morgan fingerprint density at radius 1 is 1.00 bits per heavy atom. The third-order valence-corrected chi connectivity index (χ3v) is 5.77. The van der Waals surface area contributed by atoms with Gasteiger partial charge in [-0.05, 0) is 41.3 Å². The molecule has 29 heavy (non-hydrogen) atoms. The molecule has 1 heterocycles. The second kappa shape index (κ2) is 10.2. The highest BCUT2D eigenvalue weighted by Gasteiger charge is 2.16. The van der Waals surface area contributed by atoms with Crippen molar-refractivity contribution in [3.63, 3.8) is 0 Å². The first kappa shape index (κ1) is 21.0. The van der Waals surface area contributed by atoms with E-state index in [4.69, 9.17) is 0 Å². The molecule has 1 atom stereocenters. The van der Waals surface area contributed by atoms with Crippen molar-refractivity contribution in [1.82, 2.24) is 15.5 Å². The van der Waals surface area contributed by atoms with Gasteiger partial charge in [0.2, 0.25) is 11.8 Å². The molecule has 0 unspecified atom stereocenters. The molecule has 6 heteroatoms. The fraction of sp³-hybridized carbons (Fsp3) is 0.304. The van der Waals surface area contributed by atoms with E-state index in [1.807, 2.05) is 60.5 Å². The molecule has 0 spiro atoms. The second-order valence-corrected chi connectivity index (χ2v) is 8.05. The van der Waals surface area contributed by atoms with Gasteiger partial charge in [-0.1, -0.05) is 55.5 Å². The van der Waals surface area contributed by atoms with E-state index < -0.39 is 0 Å². The summed E-state index contributed by atoms with van der Waals surface area (Å²) in [6.07, 6.45) is 0. The molecule has 2 aromatic carbocycles. The Balaban J connectivity index is 1.53. The molecule has 0 saturated heterocycles. The van der Waals surface area contributed by atoms with E-state index in [1.165, 1.54) is 0 Å². The predicted octanol–water partition coefficient (Wildman–Crippen LogP) is 3.72. The smallest absolute Gasteiger partial charge is 0.234 e. The van der Waals surface area contributed by atoms with Crippen molar-refractivity contribution in [3.8, 4) is 0 Å². The molecule has 3 aromatic rings. The second-order valence-electron chi connectivity index (χ2n) is 7.02. The molecular formula is C23H27N3O2S. The van der Waals surface area contributed by atoms with Crippen LogP contribution in [-0.4, -0.2) is 36.3 Å². The number of thiophene rings is 1. The molecule has 0 saturated carbocycles. The minimum Gasteiger partial charge on any atom is -0.350 e. The number of benzene rings is 2. The van der Waals surface area contributed by atoms with Gasteiger partial charge >= 0.3 is 0 Å². The average molecular weight is 410 g/mol. The summed E-state index contributed by atoms with van der Waals surface area (Å²) in [6, 6.07) is 18.1. The number of rotatable bonds is 9. The lowest BCUT2D eigenvalue weighted by molar-refractivity contribution is -0.125. The van der Waals surface area contributed by atoms with Crippen LogP contribution in [-0.2, 0) is 16.1 Å². The fourth-order valence-electron chi connectivity index (χ4n) is 3.33. The van der Waals surface area contributed by atoms with E-state index >= 15 is 0 Å². The zero-order chi connectivity index (χ0) is 20.6. The van der Waals surface area contributed by atoms with Crippen LogP contribution in [0.5, 0.6) is 0 Å². The Labute approximate surface area is 175 Å². The molecule has 0 aliphatic rings. The van der Waals surface area contributed by atoms with Crippen LogP contribution in [0.1, 0.15) is 30.3 Å². The molecule has 2 amide bonds. The molecule has 152 valence electrons. The SMILES string of the molecule is CCN(CC(=O)NCc1cccs1)CC(=O)N[C@@H](C)c1cccc2ccccc12. The summed E-state index contributed by atoms with van der Waals surface area (Å²) >= 11 is 1.61. The molecule has 5 nitrogen and oxygen atoms in total. The maximum Gasteiger partial charge on any atom is 0.234 e. The van der Waals surface area contributed by atoms with Crippen LogP contribution in [0, 0.1) is 0 Å². The lowest BCUT2D eigenvalue weighted by atomic mass is 10.00. The van der Waals surface area contributed by atoms with E-state index in [1.54, 1.807) is 11.3 Å². The molecule has 0 aliphatic heterocycles. The van der Waals surface area contributed by atoms with Gasteiger partial charge in [-0.25, -0.2) is 0 Å². The number of nitrogens with one attached hydrogen (secondary N) is 2. The minimum atomic E-state index is -0.111. The van der Waals surface area contributed by atoms with E-state index in [2.05, 4.69) is 28.8 Å². The molecule has 0 aliphatic carbocycles. The highest BCUT2D eigenvalue weighted by molar-refractivity contribution is 7.09. The van der Waals surface area contributed by atoms with Crippen molar-refractivity contribution >= 4 is 33.9 Å². The summed E-state index contributed by atoms with van der Waals surface area (Å²) in [5.74, 6) is -0.159. The number of likely N-dealkylation sites (N-methyl/N-ethyl adjacent to an activating group) is 1. The quantitative estimate of drug-likeness (QED) is 0.566. The van der Waals surface area contributed by atoms with Crippen molar-refractivity contribution in [1.29, 1.82) is 0 Å². The number of hydrogen-bond donors (Lipinski definition) is 2. The number of amides is 2. The average Bonchev–Trinajstić information content (AvgIpc) is 3.25. The van der Waals surface area contributed by atoms with Crippen molar-refractivity contribution < 1.29 is 9.59 Å². The van der Waals surface area contributed by atoms with Crippen LogP contribution in [0.4, 0.5) is 0 Å². The van der Waals surface area contributed by atoms with Crippen LogP contribution in [0.2, 0.25) is 0 Å². The minimum absolute atomic E-state index is 0.0739. The topological polar surface area (TPSA) is 61.4 Å². The fourth-order valence-corrected chi connectivity index (χ4v) is 3.98. The Hall–Kier alpha value is -2.70. The van der Waals surface area contributed by atoms with E-state index in [-0.39, 0.29) is 30.9 Å². The van der Waals surface area contributed by atoms with Gasteiger partial charge in [0.15, 0.2) is 0 Å². The summed E-state index contributed by atoms with van der Waals surface area (Å²) < 4.78 is 0. The molecule has 1 aromatic heterocycles. The lowest BCUT2D eigenvalue weighted by Crippen LogP contribution is -2.43. The van der Waals surface area contributed by atoms with Gasteiger partial charge in [0.05, 0.1) is 25.7 Å². The largest absolute Gasteiger partial charge is 0.350 e. The summed E-state index contributed by atoms with van der Waals surface area (Å²) in [6.45, 7) is 5.49. The molecule has 2 N–H and O–H groups in total. The molecule has 3 rings (SSSR count). The standard InChI is InChI=1S/C23H27N3O2S/c1-3-26(15-22(27)24-14-19-10-7-13-29-19)16-23(28)25-17(2)20-12-6-9-18-8-4-5-11-21(18)20/h4-13,17H,3,14-16H2,1-2H3,(H,24,27)(H,25,28)/t17-/m0/s1. The predicted molar refractivity (Wildman–Crippen MR) is 119 cm³/mol. The van der Waals surface area contributed by atoms with Crippen molar-refractivity contribution in [3.05, 3.63) is 70.4 Å². The number of hydrogen-bond acceptors (Lipinski definition) is 4. The first-order chi connectivity index (χ1) is 14.1. The monoisotopic (exact) mass is 409 g/mol. The lowest BCUT2D eigenvalue weighted by Gasteiger charge is -2.22. The maximum absolute atomic E-state index is 12.6. The first-order valence-corrected chi connectivity index (χ1v) is 10.7. The molecule has 0 bridgehead atoms.